The second kappa shape index (κ2) is 7.83. The number of aromatic nitrogens is 1. The van der Waals surface area contributed by atoms with Crippen LogP contribution in [0.1, 0.15) is 19.8 Å². The number of thiazole rings is 1. The maximum atomic E-state index is 12.5. The van der Waals surface area contributed by atoms with Gasteiger partial charge in [0.05, 0.1) is 6.54 Å². The molecule has 140 valence electrons. The van der Waals surface area contributed by atoms with Crippen molar-refractivity contribution < 1.29 is 18.3 Å². The first kappa shape index (κ1) is 19.0. The predicted molar refractivity (Wildman–Crippen MR) is 99.6 cm³/mol. The molecule has 1 saturated carbocycles. The van der Waals surface area contributed by atoms with E-state index in [1.165, 1.54) is 11.3 Å². The predicted octanol–water partition coefficient (Wildman–Crippen LogP) is 2.03. The average Bonchev–Trinajstić information content (AvgIpc) is 3.07. The fourth-order valence-electron chi connectivity index (χ4n) is 3.03. The Morgan fingerprint density at radius 3 is 2.65 bits per heavy atom. The summed E-state index contributed by atoms with van der Waals surface area (Å²) in [4.78, 5) is 17.0. The lowest BCUT2D eigenvalue weighted by Gasteiger charge is -2.41. The Kier molecular flexibility index (Phi) is 5.71. The highest BCUT2D eigenvalue weighted by Gasteiger charge is 2.36. The molecule has 2 aromatic rings. The molecule has 7 nitrogen and oxygen atoms in total. The van der Waals surface area contributed by atoms with E-state index >= 15 is 0 Å². The van der Waals surface area contributed by atoms with Crippen LogP contribution in [0, 0.1) is 0 Å². The quantitative estimate of drug-likeness (QED) is 0.709. The zero-order valence-electron chi connectivity index (χ0n) is 14.3. The van der Waals surface area contributed by atoms with Crippen molar-refractivity contribution in [2.45, 2.75) is 36.9 Å². The minimum atomic E-state index is -3.67. The van der Waals surface area contributed by atoms with Gasteiger partial charge in [-0.05, 0) is 19.4 Å². The molecule has 0 unspecified atom stereocenters. The van der Waals surface area contributed by atoms with E-state index in [1.807, 2.05) is 42.2 Å². The molecule has 1 aromatic heterocycles. The lowest BCUT2D eigenvalue weighted by molar-refractivity contribution is -0.139. The number of aliphatic carboxylic acids is 1. The first-order valence-corrected chi connectivity index (χ1v) is 10.7. The van der Waals surface area contributed by atoms with Gasteiger partial charge in [-0.15, -0.1) is 11.3 Å². The second-order valence-electron chi connectivity index (χ2n) is 6.26. The topological polar surface area (TPSA) is 99.6 Å². The number of nitrogens with zero attached hydrogens (tertiary/aromatic N) is 2. The number of benzene rings is 1. The van der Waals surface area contributed by atoms with E-state index in [-0.39, 0.29) is 23.7 Å². The van der Waals surface area contributed by atoms with Gasteiger partial charge in [0, 0.05) is 23.0 Å². The van der Waals surface area contributed by atoms with Crippen molar-refractivity contribution in [3.05, 3.63) is 35.7 Å². The van der Waals surface area contributed by atoms with E-state index in [2.05, 4.69) is 9.71 Å². The van der Waals surface area contributed by atoms with E-state index in [4.69, 9.17) is 5.11 Å². The molecule has 3 rings (SSSR count). The Bertz CT molecular complexity index is 861. The van der Waals surface area contributed by atoms with E-state index in [1.54, 1.807) is 5.38 Å². The number of likely N-dealkylation sites (N-methyl/N-ethyl adjacent to an activating group) is 1. The third kappa shape index (κ3) is 4.29. The van der Waals surface area contributed by atoms with Gasteiger partial charge in [-0.25, -0.2) is 18.1 Å². The number of carboxylic acids is 1. The molecule has 1 aliphatic carbocycles. The molecule has 2 N–H and O–H groups in total. The molecule has 26 heavy (non-hydrogen) atoms. The van der Waals surface area contributed by atoms with Crippen LogP contribution in [-0.4, -0.2) is 54.6 Å². The number of hydrogen-bond donors (Lipinski definition) is 2. The van der Waals surface area contributed by atoms with Crippen molar-refractivity contribution in [2.75, 3.05) is 13.1 Å². The van der Waals surface area contributed by atoms with Gasteiger partial charge in [0.25, 0.3) is 10.0 Å². The van der Waals surface area contributed by atoms with Crippen molar-refractivity contribution in [1.29, 1.82) is 0 Å². The van der Waals surface area contributed by atoms with Crippen molar-refractivity contribution in [3.8, 4) is 10.6 Å². The Balaban J connectivity index is 1.61. The van der Waals surface area contributed by atoms with Gasteiger partial charge in [-0.1, -0.05) is 37.3 Å². The summed E-state index contributed by atoms with van der Waals surface area (Å²) in [6.07, 6.45) is 1.21. The van der Waals surface area contributed by atoms with Crippen molar-refractivity contribution in [3.63, 3.8) is 0 Å². The average molecular weight is 396 g/mol. The van der Waals surface area contributed by atoms with E-state index in [0.29, 0.717) is 24.4 Å². The zero-order chi connectivity index (χ0) is 18.7. The van der Waals surface area contributed by atoms with Crippen LogP contribution in [0.2, 0.25) is 0 Å². The maximum absolute atomic E-state index is 12.5. The Morgan fingerprint density at radius 2 is 2.04 bits per heavy atom. The molecule has 0 radical (unpaired) electrons. The fraction of sp³-hybridized carbons (Fsp3) is 0.412. The van der Waals surface area contributed by atoms with Crippen LogP contribution in [0.25, 0.3) is 10.6 Å². The SMILES string of the molecule is CCN(CC(=O)O)C1CC(NS(=O)(=O)c2csc(-c3ccccc3)n2)C1. The first-order chi connectivity index (χ1) is 12.4. The molecule has 0 spiro atoms. The number of rotatable bonds is 8. The third-order valence-corrected chi connectivity index (χ3v) is 6.92. The molecule has 1 fully saturated rings. The van der Waals surface area contributed by atoms with Crippen molar-refractivity contribution in [2.24, 2.45) is 0 Å². The molecule has 0 atom stereocenters. The van der Waals surface area contributed by atoms with Crippen molar-refractivity contribution in [1.82, 2.24) is 14.6 Å². The normalized spacial score (nSPS) is 20.1. The van der Waals surface area contributed by atoms with Gasteiger partial charge in [0.2, 0.25) is 0 Å². The minimum absolute atomic E-state index is 0.0207. The lowest BCUT2D eigenvalue weighted by Crippen LogP contribution is -2.54. The van der Waals surface area contributed by atoms with Crippen LogP contribution in [0.4, 0.5) is 0 Å². The summed E-state index contributed by atoms with van der Waals surface area (Å²) in [5.74, 6) is -0.869. The smallest absolute Gasteiger partial charge is 0.317 e. The van der Waals surface area contributed by atoms with Crippen LogP contribution in [-0.2, 0) is 14.8 Å². The molecule has 0 aliphatic heterocycles. The molecule has 0 amide bonds. The molecule has 0 saturated heterocycles. The van der Waals surface area contributed by atoms with Gasteiger partial charge in [0.15, 0.2) is 5.03 Å². The Hall–Kier alpha value is -1.81. The molecular weight excluding hydrogens is 374 g/mol. The van der Waals surface area contributed by atoms with Crippen LogP contribution in [0.15, 0.2) is 40.7 Å². The molecule has 0 bridgehead atoms. The highest BCUT2D eigenvalue weighted by molar-refractivity contribution is 7.89. The largest absolute Gasteiger partial charge is 0.480 e. The summed E-state index contributed by atoms with van der Waals surface area (Å²) in [5.41, 5.74) is 0.884. The molecule has 1 aromatic carbocycles. The second-order valence-corrected chi connectivity index (χ2v) is 8.78. The number of carbonyl (C=O) groups is 1. The Labute approximate surface area is 156 Å². The van der Waals surface area contributed by atoms with E-state index in [9.17, 15) is 13.2 Å². The fourth-order valence-corrected chi connectivity index (χ4v) is 5.39. The van der Waals surface area contributed by atoms with E-state index in [0.717, 1.165) is 5.56 Å². The number of sulfonamides is 1. The summed E-state index contributed by atoms with van der Waals surface area (Å²) in [6, 6.07) is 9.35. The molecule has 1 heterocycles. The van der Waals surface area contributed by atoms with Gasteiger partial charge in [-0.2, -0.15) is 0 Å². The summed E-state index contributed by atoms with van der Waals surface area (Å²) >= 11 is 1.29. The minimum Gasteiger partial charge on any atom is -0.480 e. The lowest BCUT2D eigenvalue weighted by atomic mass is 9.86. The standard InChI is InChI=1S/C17H21N3O4S2/c1-2-20(10-16(21)22)14-8-13(9-14)19-26(23,24)15-11-25-17(18-15)12-6-4-3-5-7-12/h3-7,11,13-14,19H,2,8-10H2,1H3,(H,21,22). The monoisotopic (exact) mass is 395 g/mol. The van der Waals surface area contributed by atoms with Gasteiger partial charge in [0.1, 0.15) is 5.01 Å². The summed E-state index contributed by atoms with van der Waals surface area (Å²) in [6.45, 7) is 2.51. The summed E-state index contributed by atoms with van der Waals surface area (Å²) < 4.78 is 27.7. The number of hydrogen-bond acceptors (Lipinski definition) is 6. The van der Waals surface area contributed by atoms with Gasteiger partial charge in [-0.3, -0.25) is 9.69 Å². The van der Waals surface area contributed by atoms with Gasteiger partial charge < -0.3 is 5.11 Å². The third-order valence-electron chi connectivity index (χ3n) is 4.48. The number of carboxylic acid groups (broad SMARTS) is 1. The van der Waals surface area contributed by atoms with Crippen LogP contribution >= 0.6 is 11.3 Å². The summed E-state index contributed by atoms with van der Waals surface area (Å²) in [7, 11) is -3.67. The zero-order valence-corrected chi connectivity index (χ0v) is 16.0. The van der Waals surface area contributed by atoms with Crippen LogP contribution in [0.3, 0.4) is 0 Å². The maximum Gasteiger partial charge on any atom is 0.317 e. The van der Waals surface area contributed by atoms with Crippen LogP contribution < -0.4 is 4.72 Å². The molecule has 1 aliphatic rings. The summed E-state index contributed by atoms with van der Waals surface area (Å²) in [5, 5.41) is 11.2. The molecular formula is C17H21N3O4S2. The Morgan fingerprint density at radius 1 is 1.35 bits per heavy atom. The van der Waals surface area contributed by atoms with Gasteiger partial charge >= 0.3 is 5.97 Å². The van der Waals surface area contributed by atoms with Crippen molar-refractivity contribution >= 4 is 27.3 Å². The number of nitrogens with one attached hydrogen (secondary N) is 1. The highest BCUT2D eigenvalue weighted by atomic mass is 32.2. The van der Waals surface area contributed by atoms with Crippen LogP contribution in [0.5, 0.6) is 0 Å². The molecule has 9 heteroatoms. The van der Waals surface area contributed by atoms with E-state index < -0.39 is 16.0 Å². The first-order valence-electron chi connectivity index (χ1n) is 8.38. The highest BCUT2D eigenvalue weighted by Crippen LogP contribution is 2.29.